The Labute approximate surface area is 92.4 Å². The Morgan fingerprint density at radius 2 is 2.00 bits per heavy atom. The van der Waals surface area contributed by atoms with Crippen LogP contribution in [-0.2, 0) is 4.79 Å². The fourth-order valence-electron chi connectivity index (χ4n) is 2.90. The van der Waals surface area contributed by atoms with Crippen molar-refractivity contribution >= 4 is 5.78 Å². The summed E-state index contributed by atoms with van der Waals surface area (Å²) in [5.41, 5.74) is 0. The molecule has 2 rings (SSSR count). The van der Waals surface area contributed by atoms with E-state index in [0.717, 1.165) is 25.0 Å². The summed E-state index contributed by atoms with van der Waals surface area (Å²) >= 11 is 0. The average Bonchev–Trinajstić information content (AvgIpc) is 2.40. The van der Waals surface area contributed by atoms with Crippen LogP contribution in [0.15, 0.2) is 0 Å². The van der Waals surface area contributed by atoms with Gasteiger partial charge in [-0.15, -0.1) is 0 Å². The van der Waals surface area contributed by atoms with Gasteiger partial charge in [0.1, 0.15) is 5.78 Å². The maximum Gasteiger partial charge on any atom is 0.131 e. The van der Waals surface area contributed by atoms with E-state index in [4.69, 9.17) is 0 Å². The molecule has 2 aliphatic heterocycles. The molecule has 0 N–H and O–H groups in total. The quantitative estimate of drug-likeness (QED) is 0.698. The zero-order chi connectivity index (χ0) is 10.8. The number of hydrogen-bond donors (Lipinski definition) is 0. The summed E-state index contributed by atoms with van der Waals surface area (Å²) in [7, 11) is 2.26. The van der Waals surface area contributed by atoms with Crippen LogP contribution < -0.4 is 0 Å². The van der Waals surface area contributed by atoms with Gasteiger partial charge in [0, 0.05) is 31.6 Å². The number of likely N-dealkylation sites (N-methyl/N-ethyl adjacent to an activating group) is 1. The lowest BCUT2D eigenvalue weighted by Crippen LogP contribution is -2.37. The Hall–Kier alpha value is -0.410. The van der Waals surface area contributed by atoms with E-state index in [0.29, 0.717) is 5.78 Å². The van der Waals surface area contributed by atoms with Gasteiger partial charge in [0.15, 0.2) is 0 Å². The van der Waals surface area contributed by atoms with Gasteiger partial charge in [0.2, 0.25) is 0 Å². The first-order valence-corrected chi connectivity index (χ1v) is 6.10. The topological polar surface area (TPSA) is 23.6 Å². The third kappa shape index (κ3) is 2.58. The minimum atomic E-state index is 0.317. The van der Waals surface area contributed by atoms with Crippen molar-refractivity contribution in [2.75, 3.05) is 26.7 Å². The highest BCUT2D eigenvalue weighted by molar-refractivity contribution is 5.75. The van der Waals surface area contributed by atoms with Gasteiger partial charge in [-0.2, -0.15) is 0 Å². The molecule has 2 saturated heterocycles. The first kappa shape index (κ1) is 11.1. The lowest BCUT2D eigenvalue weighted by molar-refractivity contribution is -0.117. The summed E-state index contributed by atoms with van der Waals surface area (Å²) in [4.78, 5) is 16.0. The van der Waals surface area contributed by atoms with Crippen LogP contribution in [0.1, 0.15) is 32.6 Å². The molecule has 3 heteroatoms. The molecular formula is C12H22N2O. The van der Waals surface area contributed by atoms with Gasteiger partial charge >= 0.3 is 0 Å². The summed E-state index contributed by atoms with van der Waals surface area (Å²) in [5, 5.41) is 0. The second kappa shape index (κ2) is 4.62. The van der Waals surface area contributed by atoms with Crippen molar-refractivity contribution in [1.29, 1.82) is 0 Å². The lowest BCUT2D eigenvalue weighted by atomic mass is 10.1. The lowest BCUT2D eigenvalue weighted by Gasteiger charge is -2.25. The molecule has 0 aromatic carbocycles. The summed E-state index contributed by atoms with van der Waals surface area (Å²) < 4.78 is 0. The first-order valence-electron chi connectivity index (χ1n) is 6.10. The van der Waals surface area contributed by atoms with E-state index < -0.39 is 0 Å². The van der Waals surface area contributed by atoms with Crippen LogP contribution in [0.5, 0.6) is 0 Å². The average molecular weight is 210 g/mol. The van der Waals surface area contributed by atoms with Crippen LogP contribution in [0.3, 0.4) is 0 Å². The van der Waals surface area contributed by atoms with Gasteiger partial charge in [0.25, 0.3) is 0 Å². The molecule has 86 valence electrons. The molecule has 2 fully saturated rings. The van der Waals surface area contributed by atoms with Crippen molar-refractivity contribution in [2.45, 2.75) is 44.7 Å². The monoisotopic (exact) mass is 210 g/mol. The van der Waals surface area contributed by atoms with Gasteiger partial charge in [-0.05, 0) is 39.8 Å². The molecule has 2 unspecified atom stereocenters. The number of Topliss-reactive ketones (excluding diaryl/α,β-unsaturated/α-hetero) is 1. The molecule has 3 nitrogen and oxygen atoms in total. The van der Waals surface area contributed by atoms with Crippen molar-refractivity contribution in [3.05, 3.63) is 0 Å². The van der Waals surface area contributed by atoms with E-state index in [2.05, 4.69) is 16.8 Å². The minimum absolute atomic E-state index is 0.317. The molecular weight excluding hydrogens is 188 g/mol. The largest absolute Gasteiger partial charge is 0.301 e. The van der Waals surface area contributed by atoms with E-state index in [9.17, 15) is 4.79 Å². The highest BCUT2D eigenvalue weighted by Crippen LogP contribution is 2.28. The summed E-state index contributed by atoms with van der Waals surface area (Å²) in [6.07, 6.45) is 4.73. The number of ketones is 1. The van der Waals surface area contributed by atoms with E-state index in [-0.39, 0.29) is 0 Å². The van der Waals surface area contributed by atoms with E-state index in [1.54, 1.807) is 6.92 Å². The smallest absolute Gasteiger partial charge is 0.131 e. The highest BCUT2D eigenvalue weighted by atomic mass is 16.1. The molecule has 0 saturated carbocycles. The second-order valence-electron chi connectivity index (χ2n) is 5.09. The Balaban J connectivity index is 1.86. The molecule has 2 heterocycles. The fraction of sp³-hybridized carbons (Fsp3) is 0.917. The van der Waals surface area contributed by atoms with Crippen molar-refractivity contribution in [2.24, 2.45) is 0 Å². The Morgan fingerprint density at radius 3 is 2.73 bits per heavy atom. The van der Waals surface area contributed by atoms with Gasteiger partial charge in [-0.25, -0.2) is 0 Å². The SMILES string of the molecule is CC(=O)CCN1CCC2CCC(C1)N2C. The van der Waals surface area contributed by atoms with Crippen LogP contribution in [-0.4, -0.2) is 54.3 Å². The fourth-order valence-corrected chi connectivity index (χ4v) is 2.90. The van der Waals surface area contributed by atoms with E-state index >= 15 is 0 Å². The predicted octanol–water partition coefficient (Wildman–Crippen LogP) is 1.13. The summed E-state index contributed by atoms with van der Waals surface area (Å²) in [6, 6.07) is 1.54. The van der Waals surface area contributed by atoms with Crippen molar-refractivity contribution in [3.8, 4) is 0 Å². The molecule has 0 aliphatic carbocycles. The third-order valence-electron chi connectivity index (χ3n) is 4.01. The van der Waals surface area contributed by atoms with E-state index in [1.807, 2.05) is 0 Å². The molecule has 0 spiro atoms. The zero-order valence-corrected chi connectivity index (χ0v) is 9.91. The minimum Gasteiger partial charge on any atom is -0.301 e. The molecule has 0 amide bonds. The number of rotatable bonds is 3. The van der Waals surface area contributed by atoms with Crippen LogP contribution in [0.25, 0.3) is 0 Å². The summed E-state index contributed by atoms with van der Waals surface area (Å²) in [5.74, 6) is 0.317. The van der Waals surface area contributed by atoms with Crippen molar-refractivity contribution < 1.29 is 4.79 Å². The maximum atomic E-state index is 11.0. The second-order valence-corrected chi connectivity index (χ2v) is 5.09. The van der Waals surface area contributed by atoms with Gasteiger partial charge in [0.05, 0.1) is 0 Å². The maximum absolute atomic E-state index is 11.0. The van der Waals surface area contributed by atoms with Gasteiger partial charge in [-0.1, -0.05) is 0 Å². The number of hydrogen-bond acceptors (Lipinski definition) is 3. The van der Waals surface area contributed by atoms with Gasteiger partial charge in [-0.3, -0.25) is 9.69 Å². The van der Waals surface area contributed by atoms with Gasteiger partial charge < -0.3 is 4.90 Å². The number of nitrogens with zero attached hydrogens (tertiary/aromatic N) is 2. The number of carbonyl (C=O) groups excluding carboxylic acids is 1. The molecule has 2 aliphatic rings. The van der Waals surface area contributed by atoms with Crippen LogP contribution in [0, 0.1) is 0 Å². The molecule has 0 radical (unpaired) electrons. The van der Waals surface area contributed by atoms with Crippen LogP contribution >= 0.6 is 0 Å². The van der Waals surface area contributed by atoms with Crippen molar-refractivity contribution in [1.82, 2.24) is 9.80 Å². The Kier molecular flexibility index (Phi) is 3.42. The van der Waals surface area contributed by atoms with E-state index in [1.165, 1.54) is 32.4 Å². The highest BCUT2D eigenvalue weighted by Gasteiger charge is 2.34. The first-order chi connectivity index (χ1) is 7.16. The normalized spacial score (nSPS) is 32.9. The Bertz CT molecular complexity index is 242. The predicted molar refractivity (Wildman–Crippen MR) is 60.9 cm³/mol. The summed E-state index contributed by atoms with van der Waals surface area (Å²) in [6.45, 7) is 5.00. The number of carbonyl (C=O) groups is 1. The Morgan fingerprint density at radius 1 is 1.27 bits per heavy atom. The van der Waals surface area contributed by atoms with Crippen LogP contribution in [0.4, 0.5) is 0 Å². The molecule has 2 atom stereocenters. The molecule has 0 aromatic heterocycles. The number of likely N-dealkylation sites (tertiary alicyclic amines) is 1. The molecule has 2 bridgehead atoms. The van der Waals surface area contributed by atoms with Crippen molar-refractivity contribution in [3.63, 3.8) is 0 Å². The van der Waals surface area contributed by atoms with Crippen LogP contribution in [0.2, 0.25) is 0 Å². The molecule has 15 heavy (non-hydrogen) atoms. The zero-order valence-electron chi connectivity index (χ0n) is 9.91. The molecule has 0 aromatic rings. The third-order valence-corrected chi connectivity index (χ3v) is 4.01. The standard InChI is InChI=1S/C12H22N2O/c1-10(15)5-7-14-8-6-11-3-4-12(9-14)13(11)2/h11-12H,3-9H2,1-2H3. The number of fused-ring (bicyclic) bond motifs is 2.